The average molecular weight is 346 g/mol. The summed E-state index contributed by atoms with van der Waals surface area (Å²) in [6.45, 7) is 5.86. The third-order valence-electron chi connectivity index (χ3n) is 4.12. The minimum Gasteiger partial charge on any atom is -0.340 e. The molecule has 0 spiro atoms. The zero-order chi connectivity index (χ0) is 18.5. The maximum absolute atomic E-state index is 12.7. The molecular weight excluding hydrogens is 324 g/mol. The fraction of sp³-hybridized carbons (Fsp3) is 0.190. The van der Waals surface area contributed by atoms with E-state index in [2.05, 4.69) is 27.5 Å². The van der Waals surface area contributed by atoms with Crippen LogP contribution in [-0.4, -0.2) is 15.9 Å². The molecule has 0 aliphatic carbocycles. The molecule has 3 aromatic rings. The number of aromatic nitrogens is 2. The van der Waals surface area contributed by atoms with Crippen LogP contribution in [0.4, 0.5) is 17.2 Å². The first kappa shape index (κ1) is 17.6. The molecule has 132 valence electrons. The summed E-state index contributed by atoms with van der Waals surface area (Å²) in [5.41, 5.74) is 4.29. The minimum atomic E-state index is -0.246. The number of aryl methyl sites for hydroxylation is 3. The fourth-order valence-corrected chi connectivity index (χ4v) is 2.74. The van der Waals surface area contributed by atoms with E-state index in [1.807, 2.05) is 55.5 Å². The summed E-state index contributed by atoms with van der Waals surface area (Å²) in [5, 5.41) is 6.21. The van der Waals surface area contributed by atoms with Crippen LogP contribution >= 0.6 is 0 Å². The highest BCUT2D eigenvalue weighted by Gasteiger charge is 2.13. The van der Waals surface area contributed by atoms with Gasteiger partial charge in [-0.05, 0) is 43.5 Å². The molecule has 0 unspecified atom stereocenters. The topological polar surface area (TPSA) is 66.9 Å². The number of nitrogens with one attached hydrogen (secondary N) is 2. The van der Waals surface area contributed by atoms with Crippen LogP contribution in [0.15, 0.2) is 54.6 Å². The standard InChI is InChI=1S/C21H22N4O/c1-4-16-10-6-8-12-18(16)25-21(26)19-13-20(23-15(3)22-19)24-17-11-7-5-9-14(17)2/h5-13H,4H2,1-3H3,(H,25,26)(H,22,23,24). The second kappa shape index (κ2) is 7.78. The molecule has 0 fully saturated rings. The molecule has 0 bridgehead atoms. The van der Waals surface area contributed by atoms with Crippen LogP contribution in [0, 0.1) is 13.8 Å². The van der Waals surface area contributed by atoms with E-state index in [-0.39, 0.29) is 5.91 Å². The number of benzene rings is 2. The highest BCUT2D eigenvalue weighted by atomic mass is 16.1. The molecule has 1 heterocycles. The van der Waals surface area contributed by atoms with E-state index in [4.69, 9.17) is 0 Å². The van der Waals surface area contributed by atoms with Crippen molar-refractivity contribution < 1.29 is 4.79 Å². The van der Waals surface area contributed by atoms with Gasteiger partial charge in [0.15, 0.2) is 0 Å². The molecule has 0 aliphatic rings. The van der Waals surface area contributed by atoms with Gasteiger partial charge in [-0.2, -0.15) is 0 Å². The van der Waals surface area contributed by atoms with Gasteiger partial charge in [-0.1, -0.05) is 43.3 Å². The van der Waals surface area contributed by atoms with E-state index in [0.717, 1.165) is 28.9 Å². The number of rotatable bonds is 5. The van der Waals surface area contributed by atoms with Crippen LogP contribution in [0.25, 0.3) is 0 Å². The molecule has 1 amide bonds. The number of carbonyl (C=O) groups excluding carboxylic acids is 1. The Morgan fingerprint density at radius 2 is 1.65 bits per heavy atom. The summed E-state index contributed by atoms with van der Waals surface area (Å²) >= 11 is 0. The normalized spacial score (nSPS) is 10.4. The van der Waals surface area contributed by atoms with Crippen LogP contribution in [0.2, 0.25) is 0 Å². The van der Waals surface area contributed by atoms with E-state index in [0.29, 0.717) is 17.3 Å². The van der Waals surface area contributed by atoms with Crippen molar-refractivity contribution in [1.82, 2.24) is 9.97 Å². The van der Waals surface area contributed by atoms with Gasteiger partial charge in [0.25, 0.3) is 5.91 Å². The Morgan fingerprint density at radius 1 is 0.962 bits per heavy atom. The molecule has 2 N–H and O–H groups in total. The van der Waals surface area contributed by atoms with Gasteiger partial charge < -0.3 is 10.6 Å². The van der Waals surface area contributed by atoms with E-state index >= 15 is 0 Å². The molecule has 5 nitrogen and oxygen atoms in total. The number of amides is 1. The Kier molecular flexibility index (Phi) is 5.27. The maximum Gasteiger partial charge on any atom is 0.274 e. The Balaban J connectivity index is 1.85. The Hall–Kier alpha value is -3.21. The summed E-state index contributed by atoms with van der Waals surface area (Å²) in [4.78, 5) is 21.4. The largest absolute Gasteiger partial charge is 0.340 e. The number of hydrogen-bond donors (Lipinski definition) is 2. The van der Waals surface area contributed by atoms with Gasteiger partial charge >= 0.3 is 0 Å². The third-order valence-corrected chi connectivity index (χ3v) is 4.12. The monoisotopic (exact) mass is 346 g/mol. The first-order valence-electron chi connectivity index (χ1n) is 8.64. The van der Waals surface area contributed by atoms with Gasteiger partial charge in [0, 0.05) is 17.4 Å². The van der Waals surface area contributed by atoms with E-state index in [9.17, 15) is 4.79 Å². The summed E-state index contributed by atoms with van der Waals surface area (Å²) < 4.78 is 0. The van der Waals surface area contributed by atoms with Gasteiger partial charge in [-0.3, -0.25) is 4.79 Å². The van der Waals surface area contributed by atoms with Crippen molar-refractivity contribution in [2.75, 3.05) is 10.6 Å². The second-order valence-electron chi connectivity index (χ2n) is 6.09. The smallest absolute Gasteiger partial charge is 0.274 e. The summed E-state index contributed by atoms with van der Waals surface area (Å²) in [5.74, 6) is 0.891. The van der Waals surface area contributed by atoms with Crippen LogP contribution < -0.4 is 10.6 Å². The van der Waals surface area contributed by atoms with Crippen molar-refractivity contribution >= 4 is 23.1 Å². The molecule has 1 aromatic heterocycles. The summed E-state index contributed by atoms with van der Waals surface area (Å²) in [6, 6.07) is 17.4. The quantitative estimate of drug-likeness (QED) is 0.705. The predicted octanol–water partition coefficient (Wildman–Crippen LogP) is 4.65. The zero-order valence-corrected chi connectivity index (χ0v) is 15.2. The van der Waals surface area contributed by atoms with Gasteiger partial charge in [-0.15, -0.1) is 0 Å². The fourth-order valence-electron chi connectivity index (χ4n) is 2.74. The molecule has 0 aliphatic heterocycles. The highest BCUT2D eigenvalue weighted by molar-refractivity contribution is 6.03. The van der Waals surface area contributed by atoms with E-state index in [1.54, 1.807) is 13.0 Å². The van der Waals surface area contributed by atoms with E-state index in [1.165, 1.54) is 0 Å². The number of hydrogen-bond acceptors (Lipinski definition) is 4. The highest BCUT2D eigenvalue weighted by Crippen LogP contribution is 2.20. The Bertz CT molecular complexity index is 937. The third kappa shape index (κ3) is 4.06. The van der Waals surface area contributed by atoms with Crippen LogP contribution in [-0.2, 0) is 6.42 Å². The summed E-state index contributed by atoms with van der Waals surface area (Å²) in [6.07, 6.45) is 0.847. The Labute approximate surface area is 153 Å². The lowest BCUT2D eigenvalue weighted by Gasteiger charge is -2.12. The molecular formula is C21H22N4O. The first-order chi connectivity index (χ1) is 12.6. The minimum absolute atomic E-state index is 0.246. The zero-order valence-electron chi connectivity index (χ0n) is 15.2. The molecule has 0 radical (unpaired) electrons. The number of carbonyl (C=O) groups is 1. The first-order valence-corrected chi connectivity index (χ1v) is 8.64. The molecule has 2 aromatic carbocycles. The molecule has 5 heteroatoms. The lowest BCUT2D eigenvalue weighted by atomic mass is 10.1. The molecule has 3 rings (SSSR count). The molecule has 0 atom stereocenters. The summed E-state index contributed by atoms with van der Waals surface area (Å²) in [7, 11) is 0. The molecule has 0 saturated carbocycles. The van der Waals surface area contributed by atoms with Gasteiger partial charge in [-0.25, -0.2) is 9.97 Å². The van der Waals surface area contributed by atoms with Crippen molar-refractivity contribution in [3.05, 3.63) is 77.2 Å². The van der Waals surface area contributed by atoms with Crippen molar-refractivity contribution in [2.45, 2.75) is 27.2 Å². The van der Waals surface area contributed by atoms with E-state index < -0.39 is 0 Å². The predicted molar refractivity (Wildman–Crippen MR) is 105 cm³/mol. The average Bonchev–Trinajstić information content (AvgIpc) is 2.63. The Morgan fingerprint density at radius 3 is 2.38 bits per heavy atom. The lowest BCUT2D eigenvalue weighted by molar-refractivity contribution is 0.102. The molecule has 26 heavy (non-hydrogen) atoms. The van der Waals surface area contributed by atoms with Crippen molar-refractivity contribution in [1.29, 1.82) is 0 Å². The van der Waals surface area contributed by atoms with Crippen LogP contribution in [0.1, 0.15) is 34.4 Å². The lowest BCUT2D eigenvalue weighted by Crippen LogP contribution is -2.16. The maximum atomic E-state index is 12.7. The van der Waals surface area contributed by atoms with Crippen LogP contribution in [0.3, 0.4) is 0 Å². The van der Waals surface area contributed by atoms with Crippen molar-refractivity contribution in [2.24, 2.45) is 0 Å². The second-order valence-corrected chi connectivity index (χ2v) is 6.09. The number of anilines is 3. The van der Waals surface area contributed by atoms with Crippen molar-refractivity contribution in [3.63, 3.8) is 0 Å². The molecule has 0 saturated heterocycles. The number of nitrogens with zero attached hydrogens (tertiary/aromatic N) is 2. The number of para-hydroxylation sites is 2. The van der Waals surface area contributed by atoms with Gasteiger partial charge in [0.05, 0.1) is 0 Å². The van der Waals surface area contributed by atoms with Crippen molar-refractivity contribution in [3.8, 4) is 0 Å². The van der Waals surface area contributed by atoms with Gasteiger partial charge in [0.2, 0.25) is 0 Å². The van der Waals surface area contributed by atoms with Crippen LogP contribution in [0.5, 0.6) is 0 Å². The van der Waals surface area contributed by atoms with Gasteiger partial charge in [0.1, 0.15) is 17.3 Å². The SMILES string of the molecule is CCc1ccccc1NC(=O)c1cc(Nc2ccccc2C)nc(C)n1.